The number of rotatable bonds is 13. The van der Waals surface area contributed by atoms with Crippen LogP contribution in [0.15, 0.2) is 0 Å². The van der Waals surface area contributed by atoms with Gasteiger partial charge in [-0.25, -0.2) is 0 Å². The Balaban J connectivity index is 2.15. The fourth-order valence-electron chi connectivity index (χ4n) is 3.42. The van der Waals surface area contributed by atoms with E-state index in [1.54, 1.807) is 0 Å². The summed E-state index contributed by atoms with van der Waals surface area (Å²) >= 11 is 0. The number of hydrogen-bond acceptors (Lipinski definition) is 2. The Labute approximate surface area is 133 Å². The highest BCUT2D eigenvalue weighted by atomic mass is 14.9. The lowest BCUT2D eigenvalue weighted by molar-refractivity contribution is 0.325. The Morgan fingerprint density at radius 2 is 1.62 bits per heavy atom. The normalized spacial score (nSPS) is 20.6. The van der Waals surface area contributed by atoms with Gasteiger partial charge in [-0.05, 0) is 51.2 Å². The minimum atomic E-state index is 0.778. The molecular weight excluding hydrogens is 256 g/mol. The van der Waals surface area contributed by atoms with Crippen molar-refractivity contribution in [2.45, 2.75) is 96.9 Å². The van der Waals surface area contributed by atoms with Gasteiger partial charge in [0.05, 0.1) is 0 Å². The van der Waals surface area contributed by atoms with Gasteiger partial charge in [0.25, 0.3) is 0 Å². The molecule has 0 aliphatic carbocycles. The van der Waals surface area contributed by atoms with E-state index in [9.17, 15) is 0 Å². The predicted octanol–water partition coefficient (Wildman–Crippen LogP) is 4.89. The molecule has 1 aliphatic heterocycles. The van der Waals surface area contributed by atoms with Crippen LogP contribution < -0.4 is 10.6 Å². The third-order valence-corrected chi connectivity index (χ3v) is 4.91. The molecule has 1 saturated heterocycles. The molecule has 0 aromatic heterocycles. The highest BCUT2D eigenvalue weighted by Crippen LogP contribution is 2.14. The molecule has 1 heterocycles. The first-order valence-corrected chi connectivity index (χ1v) is 9.80. The van der Waals surface area contributed by atoms with Crippen LogP contribution in [0, 0.1) is 5.92 Å². The highest BCUT2D eigenvalue weighted by molar-refractivity contribution is 4.74. The molecule has 21 heavy (non-hydrogen) atoms. The van der Waals surface area contributed by atoms with E-state index >= 15 is 0 Å². The van der Waals surface area contributed by atoms with Crippen LogP contribution in [0.25, 0.3) is 0 Å². The van der Waals surface area contributed by atoms with Gasteiger partial charge in [-0.15, -0.1) is 0 Å². The first-order chi connectivity index (χ1) is 10.4. The highest BCUT2D eigenvalue weighted by Gasteiger charge is 2.15. The Morgan fingerprint density at radius 3 is 2.29 bits per heavy atom. The van der Waals surface area contributed by atoms with Crippen LogP contribution in [0.1, 0.15) is 90.9 Å². The van der Waals surface area contributed by atoms with Crippen LogP contribution in [0.5, 0.6) is 0 Å². The van der Waals surface area contributed by atoms with Gasteiger partial charge in [0.1, 0.15) is 0 Å². The Morgan fingerprint density at radius 1 is 0.952 bits per heavy atom. The number of nitrogens with one attached hydrogen (secondary N) is 2. The van der Waals surface area contributed by atoms with Crippen molar-refractivity contribution in [3.63, 3.8) is 0 Å². The summed E-state index contributed by atoms with van der Waals surface area (Å²) in [4.78, 5) is 0. The molecule has 0 spiro atoms. The van der Waals surface area contributed by atoms with E-state index in [1.807, 2.05) is 0 Å². The van der Waals surface area contributed by atoms with Crippen LogP contribution in [0.4, 0.5) is 0 Å². The van der Waals surface area contributed by atoms with Gasteiger partial charge in [-0.1, -0.05) is 65.2 Å². The van der Waals surface area contributed by atoms with E-state index in [0.717, 1.165) is 12.0 Å². The van der Waals surface area contributed by atoms with Gasteiger partial charge in [0.2, 0.25) is 0 Å². The molecule has 2 atom stereocenters. The first-order valence-electron chi connectivity index (χ1n) is 9.80. The SMILES string of the molecule is CCCCCCC[C@@H](CCCCC)NCC1CCCNC1. The second kappa shape index (κ2) is 13.6. The Kier molecular flexibility index (Phi) is 12.3. The summed E-state index contributed by atoms with van der Waals surface area (Å²) in [6.45, 7) is 8.30. The lowest BCUT2D eigenvalue weighted by atomic mass is 9.97. The maximum atomic E-state index is 3.90. The van der Waals surface area contributed by atoms with Gasteiger partial charge in [-0.3, -0.25) is 0 Å². The van der Waals surface area contributed by atoms with Crippen LogP contribution in [0.3, 0.4) is 0 Å². The summed E-state index contributed by atoms with van der Waals surface area (Å²) in [7, 11) is 0. The largest absolute Gasteiger partial charge is 0.316 e. The second-order valence-corrected chi connectivity index (χ2v) is 7.02. The van der Waals surface area contributed by atoms with E-state index in [1.165, 1.54) is 96.7 Å². The van der Waals surface area contributed by atoms with E-state index in [-0.39, 0.29) is 0 Å². The summed E-state index contributed by atoms with van der Waals surface area (Å²) < 4.78 is 0. The average molecular weight is 297 g/mol. The van der Waals surface area contributed by atoms with Crippen LogP contribution >= 0.6 is 0 Å². The van der Waals surface area contributed by atoms with Gasteiger partial charge >= 0.3 is 0 Å². The molecular formula is C19H40N2. The van der Waals surface area contributed by atoms with Crippen LogP contribution in [-0.4, -0.2) is 25.7 Å². The fraction of sp³-hybridized carbons (Fsp3) is 1.00. The molecule has 0 aromatic carbocycles. The first kappa shape index (κ1) is 19.0. The molecule has 1 fully saturated rings. The van der Waals surface area contributed by atoms with Crippen molar-refractivity contribution >= 4 is 0 Å². The average Bonchev–Trinajstić information content (AvgIpc) is 2.53. The Hall–Kier alpha value is -0.0800. The van der Waals surface area contributed by atoms with E-state index in [2.05, 4.69) is 24.5 Å². The van der Waals surface area contributed by atoms with E-state index < -0.39 is 0 Å². The zero-order valence-electron chi connectivity index (χ0n) is 14.8. The topological polar surface area (TPSA) is 24.1 Å². The van der Waals surface area contributed by atoms with Crippen molar-refractivity contribution < 1.29 is 0 Å². The molecule has 2 nitrogen and oxygen atoms in total. The number of unbranched alkanes of at least 4 members (excludes halogenated alkanes) is 6. The second-order valence-electron chi connectivity index (χ2n) is 7.02. The summed E-state index contributed by atoms with van der Waals surface area (Å²) in [6, 6.07) is 0.778. The van der Waals surface area contributed by atoms with Crippen molar-refractivity contribution in [3.8, 4) is 0 Å². The van der Waals surface area contributed by atoms with Crippen molar-refractivity contribution in [1.29, 1.82) is 0 Å². The minimum absolute atomic E-state index is 0.778. The minimum Gasteiger partial charge on any atom is -0.316 e. The van der Waals surface area contributed by atoms with Crippen molar-refractivity contribution in [1.82, 2.24) is 10.6 Å². The molecule has 1 unspecified atom stereocenters. The summed E-state index contributed by atoms with van der Waals surface area (Å²) in [5.41, 5.74) is 0. The van der Waals surface area contributed by atoms with Crippen LogP contribution in [0.2, 0.25) is 0 Å². The lowest BCUT2D eigenvalue weighted by Gasteiger charge is -2.26. The maximum absolute atomic E-state index is 3.90. The fourth-order valence-corrected chi connectivity index (χ4v) is 3.42. The lowest BCUT2D eigenvalue weighted by Crippen LogP contribution is -2.39. The molecule has 126 valence electrons. The molecule has 0 radical (unpaired) electrons. The van der Waals surface area contributed by atoms with E-state index in [0.29, 0.717) is 0 Å². The van der Waals surface area contributed by atoms with Crippen molar-refractivity contribution in [3.05, 3.63) is 0 Å². The molecule has 1 rings (SSSR count). The standard InChI is InChI=1S/C19H40N2/c1-3-5-7-8-10-14-19(13-9-6-4-2)21-17-18-12-11-15-20-16-18/h18-21H,3-17H2,1-2H3/t18?,19-/m1/s1. The van der Waals surface area contributed by atoms with E-state index in [4.69, 9.17) is 0 Å². The van der Waals surface area contributed by atoms with Crippen molar-refractivity contribution in [2.75, 3.05) is 19.6 Å². The maximum Gasteiger partial charge on any atom is 0.00671 e. The number of piperidine rings is 1. The third kappa shape index (κ3) is 10.3. The number of hydrogen-bond donors (Lipinski definition) is 2. The monoisotopic (exact) mass is 296 g/mol. The predicted molar refractivity (Wildman–Crippen MR) is 94.9 cm³/mol. The van der Waals surface area contributed by atoms with Gasteiger partial charge < -0.3 is 10.6 Å². The molecule has 0 aromatic rings. The molecule has 2 heteroatoms. The van der Waals surface area contributed by atoms with Gasteiger partial charge in [-0.2, -0.15) is 0 Å². The zero-order chi connectivity index (χ0) is 15.2. The summed E-state index contributed by atoms with van der Waals surface area (Å²) in [6.07, 6.45) is 16.8. The van der Waals surface area contributed by atoms with Crippen molar-refractivity contribution in [2.24, 2.45) is 5.92 Å². The van der Waals surface area contributed by atoms with Crippen LogP contribution in [-0.2, 0) is 0 Å². The summed E-state index contributed by atoms with van der Waals surface area (Å²) in [5, 5.41) is 7.44. The molecule has 0 bridgehead atoms. The molecule has 0 saturated carbocycles. The third-order valence-electron chi connectivity index (χ3n) is 4.91. The molecule has 1 aliphatic rings. The zero-order valence-corrected chi connectivity index (χ0v) is 14.8. The Bertz CT molecular complexity index is 212. The van der Waals surface area contributed by atoms with Gasteiger partial charge in [0.15, 0.2) is 0 Å². The summed E-state index contributed by atoms with van der Waals surface area (Å²) in [5.74, 6) is 0.868. The molecule has 0 amide bonds. The van der Waals surface area contributed by atoms with Gasteiger partial charge in [0, 0.05) is 6.04 Å². The smallest absolute Gasteiger partial charge is 0.00671 e. The quantitative estimate of drug-likeness (QED) is 0.473. The molecule has 2 N–H and O–H groups in total.